The molecule has 2 aromatic carbocycles. The van der Waals surface area contributed by atoms with Crippen LogP contribution < -0.4 is 16.7 Å². The van der Waals surface area contributed by atoms with Crippen molar-refractivity contribution in [2.24, 2.45) is 5.92 Å². The summed E-state index contributed by atoms with van der Waals surface area (Å²) in [5.74, 6) is -0.290. The molecule has 2 atom stereocenters. The molecule has 4 rings (SSSR count). The number of ether oxygens (including phenoxy) is 1. The van der Waals surface area contributed by atoms with E-state index in [0.29, 0.717) is 10.7 Å². The molecule has 9 nitrogen and oxygen atoms in total. The van der Waals surface area contributed by atoms with Crippen molar-refractivity contribution >= 4 is 40.2 Å². The van der Waals surface area contributed by atoms with Crippen LogP contribution in [-0.4, -0.2) is 27.2 Å². The number of aryl methyl sites for hydroxylation is 1. The standard InChI is InChI=1S/C27H29ClN4O5/c1-5-6-22-14-19-13-21(11-12-23(19)37-22)29-25-30-26(34)32(17(3)16(2)24(33)36-4)27(35)31(25)15-18-7-9-20(28)10-8-18/h7-14,16-17H,5-6,15H2,1-4H3,(H,29,30,34)/t16-,17+/m1/s1. The fourth-order valence-corrected chi connectivity index (χ4v) is 4.27. The molecule has 0 bridgehead atoms. The van der Waals surface area contributed by atoms with Crippen LogP contribution in [0.15, 0.2) is 62.5 Å². The molecule has 37 heavy (non-hydrogen) atoms. The van der Waals surface area contributed by atoms with E-state index in [2.05, 4.69) is 17.2 Å². The number of rotatable bonds is 9. The molecule has 0 saturated heterocycles. The largest absolute Gasteiger partial charge is 0.469 e. The van der Waals surface area contributed by atoms with Gasteiger partial charge in [-0.15, -0.1) is 0 Å². The van der Waals surface area contributed by atoms with E-state index < -0.39 is 29.3 Å². The van der Waals surface area contributed by atoms with E-state index in [9.17, 15) is 14.4 Å². The Morgan fingerprint density at radius 1 is 1.14 bits per heavy atom. The summed E-state index contributed by atoms with van der Waals surface area (Å²) < 4.78 is 13.0. The Hall–Kier alpha value is -3.85. The summed E-state index contributed by atoms with van der Waals surface area (Å²) in [4.78, 5) is 43.0. The molecule has 194 valence electrons. The highest BCUT2D eigenvalue weighted by Crippen LogP contribution is 2.25. The van der Waals surface area contributed by atoms with Gasteiger partial charge < -0.3 is 14.5 Å². The number of esters is 1. The number of methoxy groups -OCH3 is 1. The Balaban J connectivity index is 1.79. The normalized spacial score (nSPS) is 12.9. The van der Waals surface area contributed by atoms with Crippen LogP contribution in [0.3, 0.4) is 0 Å². The van der Waals surface area contributed by atoms with Crippen molar-refractivity contribution in [3.8, 4) is 0 Å². The molecule has 0 fully saturated rings. The average Bonchev–Trinajstić information content (AvgIpc) is 3.28. The van der Waals surface area contributed by atoms with Crippen molar-refractivity contribution in [2.75, 3.05) is 12.4 Å². The number of benzene rings is 2. The molecule has 0 saturated carbocycles. The van der Waals surface area contributed by atoms with Gasteiger partial charge in [0, 0.05) is 22.5 Å². The lowest BCUT2D eigenvalue weighted by Gasteiger charge is -2.22. The average molecular weight is 525 g/mol. The van der Waals surface area contributed by atoms with Gasteiger partial charge in [-0.3, -0.25) is 9.36 Å². The SMILES string of the molecule is CCCc1cc2cc(Nc3nc(=O)n([C@@H](C)[C@@H](C)C(=O)OC)c(=O)n3Cc3ccc(Cl)cc3)ccc2o1. The van der Waals surface area contributed by atoms with Crippen LogP contribution in [0.1, 0.15) is 44.6 Å². The topological polar surface area (TPSA) is 108 Å². The fourth-order valence-electron chi connectivity index (χ4n) is 4.15. The maximum absolute atomic E-state index is 13.7. The molecule has 1 N–H and O–H groups in total. The maximum Gasteiger partial charge on any atom is 0.355 e. The van der Waals surface area contributed by atoms with Crippen molar-refractivity contribution in [3.63, 3.8) is 0 Å². The number of hydrogen-bond acceptors (Lipinski definition) is 7. The third-order valence-electron chi connectivity index (χ3n) is 6.38. The smallest absolute Gasteiger partial charge is 0.355 e. The number of anilines is 2. The predicted octanol–water partition coefficient (Wildman–Crippen LogP) is 4.92. The molecule has 0 spiro atoms. The Bertz CT molecular complexity index is 1540. The molecule has 0 aliphatic rings. The summed E-state index contributed by atoms with van der Waals surface area (Å²) in [6.07, 6.45) is 1.80. The summed E-state index contributed by atoms with van der Waals surface area (Å²) in [5, 5.41) is 4.59. The zero-order valence-corrected chi connectivity index (χ0v) is 21.9. The van der Waals surface area contributed by atoms with Crippen LogP contribution in [0.5, 0.6) is 0 Å². The lowest BCUT2D eigenvalue weighted by Crippen LogP contribution is -2.46. The van der Waals surface area contributed by atoms with Crippen LogP contribution in [0, 0.1) is 5.92 Å². The number of nitrogens with one attached hydrogen (secondary N) is 1. The minimum Gasteiger partial charge on any atom is -0.469 e. The van der Waals surface area contributed by atoms with Gasteiger partial charge in [-0.25, -0.2) is 14.2 Å². The number of carbonyl (C=O) groups is 1. The number of hydrogen-bond donors (Lipinski definition) is 1. The lowest BCUT2D eigenvalue weighted by molar-refractivity contribution is -0.146. The Kier molecular flexibility index (Phi) is 7.83. The Labute approximate surface area is 218 Å². The van der Waals surface area contributed by atoms with Crippen molar-refractivity contribution in [1.82, 2.24) is 14.1 Å². The highest BCUT2D eigenvalue weighted by molar-refractivity contribution is 6.30. The van der Waals surface area contributed by atoms with Crippen molar-refractivity contribution in [2.45, 2.75) is 46.2 Å². The van der Waals surface area contributed by atoms with Gasteiger partial charge in [0.05, 0.1) is 25.6 Å². The molecule has 0 radical (unpaired) electrons. The molecule has 0 amide bonds. The maximum atomic E-state index is 13.7. The molecular formula is C27H29ClN4O5. The number of carbonyl (C=O) groups excluding carboxylic acids is 1. The first-order valence-electron chi connectivity index (χ1n) is 12.1. The molecule has 2 aromatic heterocycles. The summed E-state index contributed by atoms with van der Waals surface area (Å²) in [5.41, 5.74) is 0.806. The highest BCUT2D eigenvalue weighted by atomic mass is 35.5. The van der Waals surface area contributed by atoms with Gasteiger partial charge in [0.25, 0.3) is 0 Å². The van der Waals surface area contributed by atoms with E-state index in [0.717, 1.165) is 39.7 Å². The van der Waals surface area contributed by atoms with Gasteiger partial charge in [-0.1, -0.05) is 30.7 Å². The summed E-state index contributed by atoms with van der Waals surface area (Å²) >= 11 is 6.03. The van der Waals surface area contributed by atoms with Gasteiger partial charge in [0.2, 0.25) is 5.95 Å². The van der Waals surface area contributed by atoms with Crippen LogP contribution in [-0.2, 0) is 22.5 Å². The van der Waals surface area contributed by atoms with Gasteiger partial charge in [-0.05, 0) is 62.2 Å². The second-order valence-corrected chi connectivity index (χ2v) is 9.41. The van der Waals surface area contributed by atoms with Gasteiger partial charge >= 0.3 is 17.3 Å². The van der Waals surface area contributed by atoms with E-state index >= 15 is 0 Å². The van der Waals surface area contributed by atoms with Crippen LogP contribution in [0.2, 0.25) is 5.02 Å². The van der Waals surface area contributed by atoms with E-state index in [-0.39, 0.29) is 12.5 Å². The van der Waals surface area contributed by atoms with Crippen molar-refractivity contribution < 1.29 is 13.9 Å². The first-order valence-corrected chi connectivity index (χ1v) is 12.4. The number of nitrogens with zero attached hydrogens (tertiary/aromatic N) is 3. The highest BCUT2D eigenvalue weighted by Gasteiger charge is 2.27. The van der Waals surface area contributed by atoms with E-state index in [1.807, 2.05) is 18.2 Å². The number of aromatic nitrogens is 3. The first-order chi connectivity index (χ1) is 17.7. The number of halogens is 1. The van der Waals surface area contributed by atoms with Crippen LogP contribution in [0.25, 0.3) is 11.0 Å². The van der Waals surface area contributed by atoms with E-state index in [1.165, 1.54) is 11.7 Å². The summed E-state index contributed by atoms with van der Waals surface area (Å²) in [6, 6.07) is 13.7. The molecular weight excluding hydrogens is 496 g/mol. The first kappa shape index (κ1) is 26.2. The number of furan rings is 1. The summed E-state index contributed by atoms with van der Waals surface area (Å²) in [7, 11) is 1.26. The molecule has 2 heterocycles. The predicted molar refractivity (Wildman–Crippen MR) is 143 cm³/mol. The Morgan fingerprint density at radius 3 is 2.54 bits per heavy atom. The van der Waals surface area contributed by atoms with E-state index in [1.54, 1.807) is 44.2 Å². The monoisotopic (exact) mass is 524 g/mol. The summed E-state index contributed by atoms with van der Waals surface area (Å²) in [6.45, 7) is 5.43. The van der Waals surface area contributed by atoms with Crippen LogP contribution >= 0.6 is 11.6 Å². The third-order valence-corrected chi connectivity index (χ3v) is 6.63. The zero-order valence-electron chi connectivity index (χ0n) is 21.2. The van der Waals surface area contributed by atoms with Crippen molar-refractivity contribution in [3.05, 3.63) is 85.8 Å². The lowest BCUT2D eigenvalue weighted by atomic mass is 10.0. The minimum absolute atomic E-state index is 0.0794. The molecule has 0 unspecified atom stereocenters. The van der Waals surface area contributed by atoms with E-state index in [4.69, 9.17) is 20.8 Å². The van der Waals surface area contributed by atoms with Crippen LogP contribution in [0.4, 0.5) is 11.6 Å². The second-order valence-electron chi connectivity index (χ2n) is 8.98. The quantitative estimate of drug-likeness (QED) is 0.309. The molecule has 4 aromatic rings. The Morgan fingerprint density at radius 2 is 1.86 bits per heavy atom. The second kappa shape index (κ2) is 11.0. The molecule has 0 aliphatic carbocycles. The van der Waals surface area contributed by atoms with Gasteiger partial charge in [0.15, 0.2) is 0 Å². The third kappa shape index (κ3) is 5.61. The van der Waals surface area contributed by atoms with Gasteiger partial charge in [-0.2, -0.15) is 4.98 Å². The minimum atomic E-state index is -0.773. The van der Waals surface area contributed by atoms with Crippen molar-refractivity contribution in [1.29, 1.82) is 0 Å². The zero-order chi connectivity index (χ0) is 26.7. The molecule has 0 aliphatic heterocycles. The molecule has 10 heteroatoms. The fraction of sp³-hybridized carbons (Fsp3) is 0.333. The number of fused-ring (bicyclic) bond motifs is 1. The van der Waals surface area contributed by atoms with Gasteiger partial charge in [0.1, 0.15) is 11.3 Å².